The molecule has 0 aliphatic rings. The zero-order valence-corrected chi connectivity index (χ0v) is 17.8. The minimum Gasteiger partial charge on any atom is -0.459 e. The van der Waals surface area contributed by atoms with E-state index >= 15 is 0 Å². The Kier molecular flexibility index (Phi) is 6.10. The summed E-state index contributed by atoms with van der Waals surface area (Å²) in [7, 11) is 0. The molecule has 3 rings (SSSR count). The molecule has 0 saturated heterocycles. The number of rotatable bonds is 6. The highest BCUT2D eigenvalue weighted by atomic mass is 32.2. The summed E-state index contributed by atoms with van der Waals surface area (Å²) in [5.74, 6) is -0.177. The van der Waals surface area contributed by atoms with E-state index in [2.05, 4.69) is 10.3 Å². The fraction of sp³-hybridized carbons (Fsp3) is 0.350. The highest BCUT2D eigenvalue weighted by Gasteiger charge is 2.23. The maximum Gasteiger partial charge on any atom is 0.325 e. The van der Waals surface area contributed by atoms with Crippen LogP contribution in [0.2, 0.25) is 0 Å². The van der Waals surface area contributed by atoms with Crippen molar-refractivity contribution in [2.75, 3.05) is 6.54 Å². The van der Waals surface area contributed by atoms with Crippen LogP contribution in [0.5, 0.6) is 0 Å². The Hall–Kier alpha value is -2.32. The molecule has 0 fully saturated rings. The second-order valence-electron chi connectivity index (χ2n) is 7.22. The van der Waals surface area contributed by atoms with Gasteiger partial charge in [0.25, 0.3) is 5.91 Å². The van der Waals surface area contributed by atoms with Crippen LogP contribution < -0.4 is 5.32 Å². The Bertz CT molecular complexity index is 1000. The predicted octanol–water partition coefficient (Wildman–Crippen LogP) is 4.56. The number of carbonyl (C=O) groups excluding carboxylic acids is 2. The number of thioether (sulfide) groups is 1. The molecule has 2 heterocycles. The van der Waals surface area contributed by atoms with Gasteiger partial charge in [-0.3, -0.25) is 9.59 Å². The molecule has 148 valence electrons. The van der Waals surface area contributed by atoms with Gasteiger partial charge in [0.1, 0.15) is 22.1 Å². The fourth-order valence-corrected chi connectivity index (χ4v) is 4.45. The summed E-state index contributed by atoms with van der Waals surface area (Å²) in [4.78, 5) is 29.0. The van der Waals surface area contributed by atoms with Gasteiger partial charge in [0.05, 0.1) is 0 Å². The summed E-state index contributed by atoms with van der Waals surface area (Å²) in [5.41, 5.74) is 1.79. The van der Waals surface area contributed by atoms with Gasteiger partial charge in [-0.2, -0.15) is 0 Å². The van der Waals surface area contributed by atoms with Crippen LogP contribution in [0.4, 0.5) is 0 Å². The van der Waals surface area contributed by atoms with Crippen molar-refractivity contribution in [2.24, 2.45) is 0 Å². The number of thiazole rings is 1. The van der Waals surface area contributed by atoms with Crippen molar-refractivity contribution in [3.63, 3.8) is 0 Å². The van der Waals surface area contributed by atoms with Crippen molar-refractivity contribution >= 4 is 45.9 Å². The third-order valence-electron chi connectivity index (χ3n) is 3.66. The van der Waals surface area contributed by atoms with Gasteiger partial charge in [0.2, 0.25) is 0 Å². The quantitative estimate of drug-likeness (QED) is 0.467. The number of amides is 1. The van der Waals surface area contributed by atoms with E-state index in [1.54, 1.807) is 43.9 Å². The molecular weight excluding hydrogens is 396 g/mol. The average molecular weight is 419 g/mol. The molecule has 0 unspecified atom stereocenters. The van der Waals surface area contributed by atoms with Crippen LogP contribution in [0.1, 0.15) is 42.6 Å². The molecule has 1 N–H and O–H groups in total. The number of furan rings is 1. The van der Waals surface area contributed by atoms with Crippen molar-refractivity contribution in [1.82, 2.24) is 10.3 Å². The predicted molar refractivity (Wildman–Crippen MR) is 111 cm³/mol. The molecule has 0 atom stereocenters. The van der Waals surface area contributed by atoms with Crippen LogP contribution in [0.25, 0.3) is 11.0 Å². The van der Waals surface area contributed by atoms with Crippen LogP contribution in [0, 0.1) is 6.92 Å². The molecule has 1 aromatic carbocycles. The molecule has 8 heteroatoms. The number of esters is 1. The summed E-state index contributed by atoms with van der Waals surface area (Å²) in [6.07, 6.45) is 0. The van der Waals surface area contributed by atoms with E-state index in [1.807, 2.05) is 36.6 Å². The standard InChI is InChI=1S/C20H22N2O4S2/c1-12-10-27-19(22-12)28-11-14-13-7-5-6-8-15(13)25-17(14)18(24)21-9-16(23)26-20(2,3)4/h5-8,10H,9,11H2,1-4H3,(H,21,24). The number of carbonyl (C=O) groups is 2. The number of hydrogen-bond donors (Lipinski definition) is 1. The maximum absolute atomic E-state index is 12.7. The molecule has 0 bridgehead atoms. The van der Waals surface area contributed by atoms with Gasteiger partial charge in [0, 0.05) is 27.8 Å². The summed E-state index contributed by atoms with van der Waals surface area (Å²) < 4.78 is 12.0. The molecule has 28 heavy (non-hydrogen) atoms. The maximum atomic E-state index is 12.7. The summed E-state index contributed by atoms with van der Waals surface area (Å²) in [6, 6.07) is 7.51. The lowest BCUT2D eigenvalue weighted by Gasteiger charge is -2.19. The Morgan fingerprint density at radius 3 is 2.71 bits per heavy atom. The Morgan fingerprint density at radius 1 is 1.29 bits per heavy atom. The van der Waals surface area contributed by atoms with E-state index in [4.69, 9.17) is 9.15 Å². The number of hydrogen-bond acceptors (Lipinski definition) is 7. The molecule has 0 spiro atoms. The average Bonchev–Trinajstić information content (AvgIpc) is 3.19. The first-order chi connectivity index (χ1) is 13.2. The third-order valence-corrected chi connectivity index (χ3v) is 5.82. The smallest absolute Gasteiger partial charge is 0.325 e. The van der Waals surface area contributed by atoms with Crippen LogP contribution in [-0.4, -0.2) is 29.0 Å². The van der Waals surface area contributed by atoms with Crippen LogP contribution in [0.15, 0.2) is 38.4 Å². The lowest BCUT2D eigenvalue weighted by molar-refractivity contribution is -0.153. The van der Waals surface area contributed by atoms with Gasteiger partial charge < -0.3 is 14.5 Å². The fourth-order valence-electron chi connectivity index (χ4n) is 2.57. The van der Waals surface area contributed by atoms with Gasteiger partial charge >= 0.3 is 5.97 Å². The molecule has 2 aromatic heterocycles. The molecule has 0 radical (unpaired) electrons. The van der Waals surface area contributed by atoms with E-state index in [9.17, 15) is 9.59 Å². The first-order valence-corrected chi connectivity index (χ1v) is 10.6. The largest absolute Gasteiger partial charge is 0.459 e. The van der Waals surface area contributed by atoms with Crippen LogP contribution in [0.3, 0.4) is 0 Å². The number of benzene rings is 1. The molecule has 0 saturated carbocycles. The first kappa shape index (κ1) is 20.4. The van der Waals surface area contributed by atoms with E-state index < -0.39 is 17.5 Å². The van der Waals surface area contributed by atoms with E-state index in [1.165, 1.54) is 0 Å². The van der Waals surface area contributed by atoms with Crippen molar-refractivity contribution in [2.45, 2.75) is 43.4 Å². The number of aromatic nitrogens is 1. The number of nitrogens with zero attached hydrogens (tertiary/aromatic N) is 1. The highest BCUT2D eigenvalue weighted by Crippen LogP contribution is 2.33. The molecule has 6 nitrogen and oxygen atoms in total. The molecule has 0 aliphatic heterocycles. The van der Waals surface area contributed by atoms with Crippen molar-refractivity contribution in [3.05, 3.63) is 46.7 Å². The zero-order chi connectivity index (χ0) is 20.3. The molecule has 0 aliphatic carbocycles. The van der Waals surface area contributed by atoms with E-state index in [-0.39, 0.29) is 12.3 Å². The van der Waals surface area contributed by atoms with Gasteiger partial charge in [-0.25, -0.2) is 4.98 Å². The number of ether oxygens (including phenoxy) is 1. The van der Waals surface area contributed by atoms with Gasteiger partial charge in [0.15, 0.2) is 5.76 Å². The van der Waals surface area contributed by atoms with E-state index in [0.29, 0.717) is 11.3 Å². The van der Waals surface area contributed by atoms with Crippen LogP contribution in [-0.2, 0) is 15.3 Å². The molecule has 3 aromatic rings. The number of para-hydroxylation sites is 1. The monoisotopic (exact) mass is 418 g/mol. The summed E-state index contributed by atoms with van der Waals surface area (Å²) in [5, 5.41) is 5.47. The van der Waals surface area contributed by atoms with Crippen molar-refractivity contribution < 1.29 is 18.7 Å². The van der Waals surface area contributed by atoms with Crippen molar-refractivity contribution in [1.29, 1.82) is 0 Å². The SMILES string of the molecule is Cc1csc(SCc2c(C(=O)NCC(=O)OC(C)(C)C)oc3ccccc23)n1. The van der Waals surface area contributed by atoms with Gasteiger partial charge in [-0.1, -0.05) is 30.0 Å². The third kappa shape index (κ3) is 5.14. The van der Waals surface area contributed by atoms with Gasteiger partial charge in [-0.15, -0.1) is 11.3 Å². The topological polar surface area (TPSA) is 81.4 Å². The zero-order valence-electron chi connectivity index (χ0n) is 16.2. The van der Waals surface area contributed by atoms with Crippen LogP contribution >= 0.6 is 23.1 Å². The molecular formula is C20H22N2O4S2. The number of fused-ring (bicyclic) bond motifs is 1. The number of nitrogens with one attached hydrogen (secondary N) is 1. The Balaban J connectivity index is 1.77. The second-order valence-corrected chi connectivity index (χ2v) is 9.30. The van der Waals surface area contributed by atoms with Gasteiger partial charge in [-0.05, 0) is 33.8 Å². The minimum atomic E-state index is -0.602. The lowest BCUT2D eigenvalue weighted by Crippen LogP contribution is -2.34. The highest BCUT2D eigenvalue weighted by molar-refractivity contribution is 8.00. The Labute approximate surface area is 171 Å². The minimum absolute atomic E-state index is 0.213. The lowest BCUT2D eigenvalue weighted by atomic mass is 10.1. The molecule has 1 amide bonds. The summed E-state index contributed by atoms with van der Waals surface area (Å²) in [6.45, 7) is 7.07. The normalized spacial score (nSPS) is 11.6. The first-order valence-electron chi connectivity index (χ1n) is 8.78. The van der Waals surface area contributed by atoms with Crippen molar-refractivity contribution in [3.8, 4) is 0 Å². The van der Waals surface area contributed by atoms with E-state index in [0.717, 1.165) is 21.0 Å². The Morgan fingerprint density at radius 2 is 2.04 bits per heavy atom. The number of aryl methyl sites for hydroxylation is 1. The second kappa shape index (κ2) is 8.36. The summed E-state index contributed by atoms with van der Waals surface area (Å²) >= 11 is 3.12.